The monoisotopic (exact) mass is 194 g/mol. The van der Waals surface area contributed by atoms with Gasteiger partial charge in [-0.25, -0.2) is 0 Å². The van der Waals surface area contributed by atoms with Crippen LogP contribution in [0.5, 0.6) is 0 Å². The summed E-state index contributed by atoms with van der Waals surface area (Å²) in [6, 6.07) is 0. The van der Waals surface area contributed by atoms with E-state index in [9.17, 15) is 4.79 Å². The molecule has 0 N–H and O–H groups in total. The Labute approximate surface area is 87.3 Å². The van der Waals surface area contributed by atoms with Gasteiger partial charge in [0.2, 0.25) is 0 Å². The van der Waals surface area contributed by atoms with Crippen LogP contribution in [0.2, 0.25) is 0 Å². The zero-order valence-corrected chi connectivity index (χ0v) is 10.1. The Morgan fingerprint density at radius 2 is 1.71 bits per heavy atom. The number of hydrogen-bond donors (Lipinski definition) is 0. The van der Waals surface area contributed by atoms with Crippen molar-refractivity contribution in [2.24, 2.45) is 22.2 Å². The highest BCUT2D eigenvalue weighted by molar-refractivity contribution is 5.90. The second-order valence-corrected chi connectivity index (χ2v) is 6.37. The Morgan fingerprint density at radius 1 is 1.14 bits per heavy atom. The van der Waals surface area contributed by atoms with Crippen LogP contribution in [-0.4, -0.2) is 5.78 Å². The molecule has 80 valence electrons. The van der Waals surface area contributed by atoms with E-state index in [-0.39, 0.29) is 10.8 Å². The van der Waals surface area contributed by atoms with Gasteiger partial charge in [-0.3, -0.25) is 4.79 Å². The molecule has 0 radical (unpaired) electrons. The van der Waals surface area contributed by atoms with Crippen LogP contribution in [0.25, 0.3) is 0 Å². The highest BCUT2D eigenvalue weighted by atomic mass is 16.1. The summed E-state index contributed by atoms with van der Waals surface area (Å²) in [6.07, 6.45) is 3.19. The van der Waals surface area contributed by atoms with Gasteiger partial charge >= 0.3 is 0 Å². The molecule has 0 amide bonds. The predicted octanol–water partition coefficient (Wildman–Crippen LogP) is 3.43. The lowest BCUT2D eigenvalue weighted by Crippen LogP contribution is -2.38. The number of rotatable bonds is 1. The molecule has 0 aromatic heterocycles. The molecule has 0 saturated heterocycles. The first-order valence-electron chi connectivity index (χ1n) is 5.81. The van der Waals surface area contributed by atoms with Gasteiger partial charge in [-0.05, 0) is 29.6 Å². The number of carbonyl (C=O) groups excluding carboxylic acids is 1. The van der Waals surface area contributed by atoms with Crippen LogP contribution in [0.4, 0.5) is 0 Å². The number of hydrogen-bond acceptors (Lipinski definition) is 1. The zero-order chi connectivity index (χ0) is 10.8. The van der Waals surface area contributed by atoms with Crippen LogP contribution in [-0.2, 0) is 4.79 Å². The minimum atomic E-state index is -0.0305. The SMILES string of the molecule is CC(C)C12CCC(C)(C(=O)C1)C2(C)C. The quantitative estimate of drug-likeness (QED) is 0.625. The molecular weight excluding hydrogens is 172 g/mol. The molecule has 2 saturated carbocycles. The summed E-state index contributed by atoms with van der Waals surface area (Å²) in [6.45, 7) is 11.4. The highest BCUT2D eigenvalue weighted by Gasteiger charge is 2.70. The average Bonchev–Trinajstić information content (AvgIpc) is 2.34. The number of fused-ring (bicyclic) bond motifs is 2. The lowest BCUT2D eigenvalue weighted by molar-refractivity contribution is -0.128. The number of ketones is 1. The van der Waals surface area contributed by atoms with Crippen molar-refractivity contribution >= 4 is 5.78 Å². The second-order valence-electron chi connectivity index (χ2n) is 6.37. The standard InChI is InChI=1S/C13H22O/c1-9(2)13-7-6-12(5,10(14)8-13)11(13,3)4/h9H,6-8H2,1-5H3. The molecule has 2 bridgehead atoms. The van der Waals surface area contributed by atoms with E-state index < -0.39 is 0 Å². The van der Waals surface area contributed by atoms with Crippen molar-refractivity contribution in [3.05, 3.63) is 0 Å². The van der Waals surface area contributed by atoms with E-state index in [1.54, 1.807) is 0 Å². The molecule has 0 aromatic rings. The van der Waals surface area contributed by atoms with Gasteiger partial charge in [-0.2, -0.15) is 0 Å². The molecule has 0 heterocycles. The lowest BCUT2D eigenvalue weighted by Gasteiger charge is -2.43. The summed E-state index contributed by atoms with van der Waals surface area (Å²) in [7, 11) is 0. The first-order valence-corrected chi connectivity index (χ1v) is 5.81. The maximum Gasteiger partial charge on any atom is 0.139 e. The number of carbonyl (C=O) groups is 1. The second kappa shape index (κ2) is 2.43. The minimum Gasteiger partial charge on any atom is -0.299 e. The van der Waals surface area contributed by atoms with E-state index in [0.717, 1.165) is 12.8 Å². The lowest BCUT2D eigenvalue weighted by atomic mass is 9.61. The summed E-state index contributed by atoms with van der Waals surface area (Å²) in [5.74, 6) is 1.15. The van der Waals surface area contributed by atoms with Crippen LogP contribution in [0.3, 0.4) is 0 Å². The highest BCUT2D eigenvalue weighted by Crippen LogP contribution is 2.72. The maximum atomic E-state index is 12.1. The largest absolute Gasteiger partial charge is 0.299 e. The molecule has 0 aromatic carbocycles. The smallest absolute Gasteiger partial charge is 0.139 e. The van der Waals surface area contributed by atoms with E-state index in [1.165, 1.54) is 6.42 Å². The van der Waals surface area contributed by atoms with E-state index in [2.05, 4.69) is 34.6 Å². The third-order valence-electron chi connectivity index (χ3n) is 5.89. The van der Waals surface area contributed by atoms with Crippen molar-refractivity contribution in [3.8, 4) is 0 Å². The molecule has 2 atom stereocenters. The summed E-state index contributed by atoms with van der Waals surface area (Å²) in [5, 5.41) is 0. The first-order chi connectivity index (χ1) is 6.28. The fourth-order valence-corrected chi connectivity index (χ4v) is 4.14. The summed E-state index contributed by atoms with van der Waals surface area (Å²) in [4.78, 5) is 12.1. The van der Waals surface area contributed by atoms with E-state index in [1.807, 2.05) is 0 Å². The Morgan fingerprint density at radius 3 is 1.93 bits per heavy atom. The van der Waals surface area contributed by atoms with Crippen LogP contribution >= 0.6 is 0 Å². The van der Waals surface area contributed by atoms with Gasteiger partial charge in [0.1, 0.15) is 5.78 Å². The summed E-state index contributed by atoms with van der Waals surface area (Å²) in [5.41, 5.74) is 0.460. The topological polar surface area (TPSA) is 17.1 Å². The van der Waals surface area contributed by atoms with E-state index in [4.69, 9.17) is 0 Å². The maximum absolute atomic E-state index is 12.1. The third kappa shape index (κ3) is 0.765. The Balaban J connectivity index is 2.54. The minimum absolute atomic E-state index is 0.0305. The molecule has 1 nitrogen and oxygen atoms in total. The van der Waals surface area contributed by atoms with E-state index >= 15 is 0 Å². The number of Topliss-reactive ketones (excluding diaryl/α,β-unsaturated/α-hetero) is 1. The molecule has 0 spiro atoms. The predicted molar refractivity (Wildman–Crippen MR) is 58.0 cm³/mol. The van der Waals surface area contributed by atoms with Crippen LogP contribution in [0, 0.1) is 22.2 Å². The Bertz CT molecular complexity index is 290. The molecule has 0 aliphatic heterocycles. The van der Waals surface area contributed by atoms with Crippen LogP contribution in [0.1, 0.15) is 53.9 Å². The van der Waals surface area contributed by atoms with Crippen LogP contribution < -0.4 is 0 Å². The third-order valence-corrected chi connectivity index (χ3v) is 5.89. The van der Waals surface area contributed by atoms with Crippen molar-refractivity contribution in [2.75, 3.05) is 0 Å². The normalized spacial score (nSPS) is 45.1. The van der Waals surface area contributed by atoms with Crippen molar-refractivity contribution in [1.29, 1.82) is 0 Å². The van der Waals surface area contributed by atoms with E-state index in [0.29, 0.717) is 17.1 Å². The fraction of sp³-hybridized carbons (Fsp3) is 0.923. The molecule has 2 unspecified atom stereocenters. The van der Waals surface area contributed by atoms with Crippen molar-refractivity contribution in [2.45, 2.75) is 53.9 Å². The van der Waals surface area contributed by atoms with Gasteiger partial charge in [0.25, 0.3) is 0 Å². The molecular formula is C13H22O. The van der Waals surface area contributed by atoms with Gasteiger partial charge in [-0.1, -0.05) is 34.6 Å². The Hall–Kier alpha value is -0.330. The van der Waals surface area contributed by atoms with Gasteiger partial charge < -0.3 is 0 Å². The summed E-state index contributed by atoms with van der Waals surface area (Å²) >= 11 is 0. The molecule has 14 heavy (non-hydrogen) atoms. The molecule has 1 heteroatoms. The zero-order valence-electron chi connectivity index (χ0n) is 10.1. The molecule has 2 aliphatic rings. The Kier molecular flexibility index (Phi) is 1.77. The molecule has 2 fully saturated rings. The first kappa shape index (κ1) is 10.2. The van der Waals surface area contributed by atoms with Crippen molar-refractivity contribution in [3.63, 3.8) is 0 Å². The van der Waals surface area contributed by atoms with Gasteiger partial charge in [0, 0.05) is 11.8 Å². The van der Waals surface area contributed by atoms with Gasteiger partial charge in [-0.15, -0.1) is 0 Å². The fourth-order valence-electron chi connectivity index (χ4n) is 4.14. The van der Waals surface area contributed by atoms with Crippen molar-refractivity contribution < 1.29 is 4.79 Å². The van der Waals surface area contributed by atoms with Crippen LogP contribution in [0.15, 0.2) is 0 Å². The summed E-state index contributed by atoms with van der Waals surface area (Å²) < 4.78 is 0. The molecule has 2 rings (SSSR count). The average molecular weight is 194 g/mol. The van der Waals surface area contributed by atoms with Crippen molar-refractivity contribution in [1.82, 2.24) is 0 Å². The van der Waals surface area contributed by atoms with Gasteiger partial charge in [0.15, 0.2) is 0 Å². The molecule has 2 aliphatic carbocycles. The van der Waals surface area contributed by atoms with Gasteiger partial charge in [0.05, 0.1) is 0 Å².